The molecule has 0 saturated carbocycles. The van der Waals surface area contributed by atoms with E-state index in [-0.39, 0.29) is 6.03 Å². The summed E-state index contributed by atoms with van der Waals surface area (Å²) in [6.07, 6.45) is 3.73. The molecule has 0 radical (unpaired) electrons. The van der Waals surface area contributed by atoms with E-state index in [0.717, 1.165) is 27.5 Å². The van der Waals surface area contributed by atoms with Crippen molar-refractivity contribution in [3.8, 4) is 16.9 Å². The Bertz CT molecular complexity index is 1350. The number of carbonyl (C=O) groups is 1. The Morgan fingerprint density at radius 2 is 1.76 bits per heavy atom. The van der Waals surface area contributed by atoms with Gasteiger partial charge in [0.15, 0.2) is 0 Å². The molecule has 0 bridgehead atoms. The van der Waals surface area contributed by atoms with Crippen LogP contribution in [-0.2, 0) is 0 Å². The first-order valence-electron chi connectivity index (χ1n) is 9.35. The van der Waals surface area contributed by atoms with Gasteiger partial charge in [-0.3, -0.25) is 4.57 Å². The number of methoxy groups -OCH3 is 1. The Hall–Kier alpha value is -3.99. The highest BCUT2D eigenvalue weighted by Crippen LogP contribution is 2.28. The number of hydrogen-bond donors (Lipinski definition) is 2. The molecule has 5 nitrogen and oxygen atoms in total. The van der Waals surface area contributed by atoms with Crippen LogP contribution in [0.5, 0.6) is 5.75 Å². The molecule has 0 atom stereocenters. The summed E-state index contributed by atoms with van der Waals surface area (Å²) < 4.78 is 6.86. The Morgan fingerprint density at radius 3 is 2.62 bits per heavy atom. The van der Waals surface area contributed by atoms with Crippen molar-refractivity contribution in [1.29, 1.82) is 0 Å². The quantitative estimate of drug-likeness (QED) is 0.410. The van der Waals surface area contributed by atoms with Gasteiger partial charge in [-0.05, 0) is 52.9 Å². The van der Waals surface area contributed by atoms with Gasteiger partial charge in [0.2, 0.25) is 0 Å². The van der Waals surface area contributed by atoms with Crippen molar-refractivity contribution in [2.24, 2.45) is 0 Å². The van der Waals surface area contributed by atoms with Gasteiger partial charge < -0.3 is 15.0 Å². The number of aromatic nitrogens is 2. The molecular formula is C24H19N3O2. The third-order valence-corrected chi connectivity index (χ3v) is 5.12. The van der Waals surface area contributed by atoms with E-state index in [0.29, 0.717) is 11.4 Å². The SMILES string of the molecule is COc1cccc(NC(=O)n2ccc3ccc(-c4ccc5cc[nH]c5c4)cc32)c1. The normalized spacial score (nSPS) is 11.1. The van der Waals surface area contributed by atoms with Gasteiger partial charge in [-0.1, -0.05) is 30.3 Å². The van der Waals surface area contributed by atoms with Gasteiger partial charge in [0.25, 0.3) is 0 Å². The Morgan fingerprint density at radius 1 is 0.931 bits per heavy atom. The average molecular weight is 381 g/mol. The Balaban J connectivity index is 1.51. The molecule has 0 aliphatic rings. The second-order valence-electron chi connectivity index (χ2n) is 6.90. The van der Waals surface area contributed by atoms with Crippen LogP contribution in [-0.4, -0.2) is 22.7 Å². The fraction of sp³-hybridized carbons (Fsp3) is 0.0417. The molecule has 29 heavy (non-hydrogen) atoms. The van der Waals surface area contributed by atoms with E-state index in [1.807, 2.05) is 42.6 Å². The number of rotatable bonds is 3. The van der Waals surface area contributed by atoms with E-state index >= 15 is 0 Å². The lowest BCUT2D eigenvalue weighted by molar-refractivity contribution is 0.254. The first-order valence-corrected chi connectivity index (χ1v) is 9.35. The number of nitrogens with zero attached hydrogens (tertiary/aromatic N) is 1. The zero-order valence-corrected chi connectivity index (χ0v) is 15.8. The lowest BCUT2D eigenvalue weighted by atomic mass is 10.0. The third-order valence-electron chi connectivity index (χ3n) is 5.12. The van der Waals surface area contributed by atoms with E-state index in [1.165, 1.54) is 5.39 Å². The summed E-state index contributed by atoms with van der Waals surface area (Å²) in [7, 11) is 1.60. The Labute approximate surface area is 167 Å². The molecule has 0 fully saturated rings. The molecule has 0 saturated heterocycles. The second kappa shape index (κ2) is 6.87. The number of benzene rings is 3. The summed E-state index contributed by atoms with van der Waals surface area (Å²) in [5.74, 6) is 0.696. The number of anilines is 1. The van der Waals surface area contributed by atoms with Gasteiger partial charge in [0, 0.05) is 35.1 Å². The molecule has 2 heterocycles. The van der Waals surface area contributed by atoms with Crippen LogP contribution in [0.2, 0.25) is 0 Å². The van der Waals surface area contributed by atoms with Crippen molar-refractivity contribution < 1.29 is 9.53 Å². The van der Waals surface area contributed by atoms with Crippen molar-refractivity contribution in [3.63, 3.8) is 0 Å². The molecule has 0 aliphatic carbocycles. The summed E-state index contributed by atoms with van der Waals surface area (Å²) in [5, 5.41) is 5.12. The summed E-state index contributed by atoms with van der Waals surface area (Å²) in [6, 6.07) is 23.6. The van der Waals surface area contributed by atoms with Crippen LogP contribution < -0.4 is 10.1 Å². The summed E-state index contributed by atoms with van der Waals surface area (Å²) >= 11 is 0. The Kier molecular flexibility index (Phi) is 4.06. The fourth-order valence-corrected chi connectivity index (χ4v) is 3.60. The van der Waals surface area contributed by atoms with Gasteiger partial charge >= 0.3 is 6.03 Å². The zero-order valence-electron chi connectivity index (χ0n) is 15.8. The minimum Gasteiger partial charge on any atom is -0.497 e. The van der Waals surface area contributed by atoms with Crippen LogP contribution >= 0.6 is 0 Å². The summed E-state index contributed by atoms with van der Waals surface area (Å²) in [6.45, 7) is 0. The summed E-state index contributed by atoms with van der Waals surface area (Å²) in [4.78, 5) is 16.1. The summed E-state index contributed by atoms with van der Waals surface area (Å²) in [5.41, 5.74) is 4.79. The van der Waals surface area contributed by atoms with Gasteiger partial charge in [0.1, 0.15) is 5.75 Å². The van der Waals surface area contributed by atoms with Gasteiger partial charge in [-0.2, -0.15) is 0 Å². The second-order valence-corrected chi connectivity index (χ2v) is 6.90. The molecule has 2 N–H and O–H groups in total. The van der Waals surface area contributed by atoms with E-state index in [9.17, 15) is 4.79 Å². The van der Waals surface area contributed by atoms with E-state index in [4.69, 9.17) is 4.74 Å². The predicted octanol–water partition coefficient (Wildman–Crippen LogP) is 5.88. The highest BCUT2D eigenvalue weighted by molar-refractivity contribution is 6.00. The lowest BCUT2D eigenvalue weighted by Gasteiger charge is -2.09. The van der Waals surface area contributed by atoms with Gasteiger partial charge in [-0.25, -0.2) is 4.79 Å². The number of hydrogen-bond acceptors (Lipinski definition) is 2. The smallest absolute Gasteiger partial charge is 0.330 e. The number of aromatic amines is 1. The van der Waals surface area contributed by atoms with Crippen LogP contribution in [0.25, 0.3) is 32.9 Å². The minimum atomic E-state index is -0.217. The minimum absolute atomic E-state index is 0.217. The number of fused-ring (bicyclic) bond motifs is 2. The number of carbonyl (C=O) groups excluding carboxylic acids is 1. The van der Waals surface area contributed by atoms with Crippen molar-refractivity contribution in [3.05, 3.63) is 85.2 Å². The molecular weight excluding hydrogens is 362 g/mol. The van der Waals surface area contributed by atoms with Crippen molar-refractivity contribution in [2.75, 3.05) is 12.4 Å². The largest absolute Gasteiger partial charge is 0.497 e. The van der Waals surface area contributed by atoms with Crippen molar-refractivity contribution in [2.45, 2.75) is 0 Å². The van der Waals surface area contributed by atoms with Crippen LogP contribution in [0, 0.1) is 0 Å². The maximum Gasteiger partial charge on any atom is 0.330 e. The van der Waals surface area contributed by atoms with E-state index in [1.54, 1.807) is 23.9 Å². The molecule has 5 aromatic rings. The molecule has 0 spiro atoms. The first-order chi connectivity index (χ1) is 14.2. The lowest BCUT2D eigenvalue weighted by Crippen LogP contribution is -2.18. The van der Waals surface area contributed by atoms with E-state index < -0.39 is 0 Å². The maximum atomic E-state index is 12.9. The molecule has 1 amide bonds. The number of amides is 1. The predicted molar refractivity (Wildman–Crippen MR) is 117 cm³/mol. The fourth-order valence-electron chi connectivity index (χ4n) is 3.60. The number of H-pyrrole nitrogens is 1. The average Bonchev–Trinajstić information content (AvgIpc) is 3.39. The highest BCUT2D eigenvalue weighted by atomic mass is 16.5. The monoisotopic (exact) mass is 381 g/mol. The van der Waals surface area contributed by atoms with E-state index in [2.05, 4.69) is 40.6 Å². The molecule has 0 aliphatic heterocycles. The number of ether oxygens (including phenoxy) is 1. The van der Waals surface area contributed by atoms with Crippen molar-refractivity contribution >= 4 is 33.5 Å². The number of nitrogens with one attached hydrogen (secondary N) is 2. The van der Waals surface area contributed by atoms with Crippen LogP contribution in [0.3, 0.4) is 0 Å². The molecule has 0 unspecified atom stereocenters. The van der Waals surface area contributed by atoms with Gasteiger partial charge in [0.05, 0.1) is 12.6 Å². The molecule has 142 valence electrons. The van der Waals surface area contributed by atoms with Crippen molar-refractivity contribution in [1.82, 2.24) is 9.55 Å². The topological polar surface area (TPSA) is 59.0 Å². The van der Waals surface area contributed by atoms with Gasteiger partial charge in [-0.15, -0.1) is 0 Å². The molecule has 5 rings (SSSR count). The molecule has 5 heteroatoms. The highest BCUT2D eigenvalue weighted by Gasteiger charge is 2.11. The standard InChI is InChI=1S/C24H19N3O2/c1-29-21-4-2-3-20(15-21)26-24(28)27-12-10-17-6-8-19(14-23(17)27)18-7-5-16-9-11-25-22(16)13-18/h2-15,25H,1H3,(H,26,28). The van der Waals surface area contributed by atoms with Crippen LogP contribution in [0.1, 0.15) is 0 Å². The zero-order chi connectivity index (χ0) is 19.8. The third kappa shape index (κ3) is 3.12. The first kappa shape index (κ1) is 17.1. The molecule has 2 aromatic heterocycles. The van der Waals surface area contributed by atoms with Crippen LogP contribution in [0.15, 0.2) is 85.2 Å². The molecule has 3 aromatic carbocycles. The van der Waals surface area contributed by atoms with Crippen LogP contribution in [0.4, 0.5) is 10.5 Å². The maximum absolute atomic E-state index is 12.9.